The Morgan fingerprint density at radius 3 is 2.61 bits per heavy atom. The Labute approximate surface area is 108 Å². The number of anilines is 2. The highest BCUT2D eigenvalue weighted by atomic mass is 16.5. The van der Waals surface area contributed by atoms with E-state index >= 15 is 0 Å². The van der Waals surface area contributed by atoms with Crippen molar-refractivity contribution in [1.29, 1.82) is 0 Å². The molecule has 0 spiro atoms. The molecule has 0 fully saturated rings. The zero-order valence-electron chi connectivity index (χ0n) is 11.5. The Bertz CT molecular complexity index is 371. The van der Waals surface area contributed by atoms with E-state index in [-0.39, 0.29) is 6.01 Å². The van der Waals surface area contributed by atoms with Gasteiger partial charge in [-0.05, 0) is 19.3 Å². The molecule has 0 amide bonds. The second-order valence-corrected chi connectivity index (χ2v) is 4.42. The van der Waals surface area contributed by atoms with Gasteiger partial charge in [0.05, 0.1) is 6.61 Å². The smallest absolute Gasteiger partial charge is 0.323 e. The van der Waals surface area contributed by atoms with Gasteiger partial charge in [-0.25, -0.2) is 5.84 Å². The number of rotatable bonds is 7. The monoisotopic (exact) mass is 254 g/mol. The fourth-order valence-corrected chi connectivity index (χ4v) is 1.33. The van der Waals surface area contributed by atoms with Gasteiger partial charge in [-0.3, -0.25) is 5.43 Å². The highest BCUT2D eigenvalue weighted by Gasteiger charge is 2.10. The van der Waals surface area contributed by atoms with Crippen LogP contribution in [0.15, 0.2) is 0 Å². The standard InChI is InChI=1S/C11H22N6O/c1-5-18-11-14-9(16-12)13-10(15-11)17(4)7-6-8(2)3/h8H,5-7,12H2,1-4H3,(H,13,14,15,16). The minimum absolute atomic E-state index is 0.284. The van der Waals surface area contributed by atoms with E-state index in [2.05, 4.69) is 34.2 Å². The summed E-state index contributed by atoms with van der Waals surface area (Å²) in [4.78, 5) is 14.4. The molecule has 0 atom stereocenters. The summed E-state index contributed by atoms with van der Waals surface area (Å²) in [6.45, 7) is 7.61. The van der Waals surface area contributed by atoms with E-state index in [0.29, 0.717) is 24.4 Å². The fraction of sp³-hybridized carbons (Fsp3) is 0.727. The zero-order valence-corrected chi connectivity index (χ0v) is 11.5. The average Bonchev–Trinajstić information content (AvgIpc) is 2.35. The van der Waals surface area contributed by atoms with E-state index in [0.717, 1.165) is 13.0 Å². The number of aromatic nitrogens is 3. The maximum absolute atomic E-state index is 5.33. The average molecular weight is 254 g/mol. The van der Waals surface area contributed by atoms with Gasteiger partial charge in [0.1, 0.15) is 0 Å². The van der Waals surface area contributed by atoms with Crippen LogP contribution in [0.4, 0.5) is 11.9 Å². The number of ether oxygens (including phenoxy) is 1. The summed E-state index contributed by atoms with van der Waals surface area (Å²) in [6, 6.07) is 0.284. The molecule has 1 rings (SSSR count). The van der Waals surface area contributed by atoms with Gasteiger partial charge in [-0.2, -0.15) is 15.0 Å². The first kappa shape index (κ1) is 14.4. The summed E-state index contributed by atoms with van der Waals surface area (Å²) in [6.07, 6.45) is 1.07. The van der Waals surface area contributed by atoms with Crippen LogP contribution in [0.2, 0.25) is 0 Å². The third kappa shape index (κ3) is 4.33. The number of hydrazine groups is 1. The van der Waals surface area contributed by atoms with Crippen molar-refractivity contribution >= 4 is 11.9 Å². The van der Waals surface area contributed by atoms with Gasteiger partial charge in [-0.1, -0.05) is 13.8 Å². The molecule has 0 aliphatic carbocycles. The van der Waals surface area contributed by atoms with E-state index < -0.39 is 0 Å². The molecule has 0 aliphatic heterocycles. The molecule has 18 heavy (non-hydrogen) atoms. The van der Waals surface area contributed by atoms with Crippen molar-refractivity contribution in [3.8, 4) is 6.01 Å². The lowest BCUT2D eigenvalue weighted by Crippen LogP contribution is -2.24. The summed E-state index contributed by atoms with van der Waals surface area (Å²) >= 11 is 0. The van der Waals surface area contributed by atoms with Crippen LogP contribution in [-0.4, -0.2) is 35.2 Å². The molecule has 0 aromatic carbocycles. The normalized spacial score (nSPS) is 10.6. The number of hydrogen-bond donors (Lipinski definition) is 2. The van der Waals surface area contributed by atoms with Crippen molar-refractivity contribution in [1.82, 2.24) is 15.0 Å². The molecule has 1 aromatic heterocycles. The topological polar surface area (TPSA) is 89.2 Å². The highest BCUT2D eigenvalue weighted by molar-refractivity contribution is 5.36. The highest BCUT2D eigenvalue weighted by Crippen LogP contribution is 2.14. The SMILES string of the molecule is CCOc1nc(NN)nc(N(C)CCC(C)C)n1. The lowest BCUT2D eigenvalue weighted by atomic mass is 10.1. The summed E-state index contributed by atoms with van der Waals surface area (Å²) < 4.78 is 5.28. The summed E-state index contributed by atoms with van der Waals surface area (Å²) in [5.41, 5.74) is 2.42. The number of hydrogen-bond acceptors (Lipinski definition) is 7. The summed E-state index contributed by atoms with van der Waals surface area (Å²) in [7, 11) is 1.94. The first-order valence-corrected chi connectivity index (χ1v) is 6.13. The zero-order chi connectivity index (χ0) is 13.5. The van der Waals surface area contributed by atoms with Gasteiger partial charge in [0.25, 0.3) is 0 Å². The molecule has 1 aromatic rings. The molecule has 0 saturated heterocycles. The van der Waals surface area contributed by atoms with Crippen LogP contribution >= 0.6 is 0 Å². The van der Waals surface area contributed by atoms with E-state index in [9.17, 15) is 0 Å². The van der Waals surface area contributed by atoms with Gasteiger partial charge in [0, 0.05) is 13.6 Å². The number of nitrogens with two attached hydrogens (primary N) is 1. The maximum Gasteiger partial charge on any atom is 0.323 e. The van der Waals surface area contributed by atoms with E-state index in [1.165, 1.54) is 0 Å². The van der Waals surface area contributed by atoms with Crippen molar-refractivity contribution in [2.45, 2.75) is 27.2 Å². The quantitative estimate of drug-likeness (QED) is 0.555. The summed E-state index contributed by atoms with van der Waals surface area (Å²) in [5, 5.41) is 0. The Hall–Kier alpha value is -1.63. The van der Waals surface area contributed by atoms with Crippen LogP contribution in [0, 0.1) is 5.92 Å². The van der Waals surface area contributed by atoms with Gasteiger partial charge < -0.3 is 9.64 Å². The molecule has 0 bridgehead atoms. The molecule has 0 radical (unpaired) electrons. The van der Waals surface area contributed by atoms with Crippen LogP contribution in [0.5, 0.6) is 6.01 Å². The van der Waals surface area contributed by atoms with Crippen LogP contribution in [-0.2, 0) is 0 Å². The molecular formula is C11H22N6O. The second-order valence-electron chi connectivity index (χ2n) is 4.42. The van der Waals surface area contributed by atoms with Crippen LogP contribution in [0.25, 0.3) is 0 Å². The lowest BCUT2D eigenvalue weighted by molar-refractivity contribution is 0.312. The van der Waals surface area contributed by atoms with E-state index in [1.54, 1.807) is 0 Å². The van der Waals surface area contributed by atoms with Crippen LogP contribution < -0.4 is 20.9 Å². The van der Waals surface area contributed by atoms with Crippen LogP contribution in [0.3, 0.4) is 0 Å². The minimum Gasteiger partial charge on any atom is -0.464 e. The Balaban J connectivity index is 2.82. The molecular weight excluding hydrogens is 232 g/mol. The predicted molar refractivity (Wildman–Crippen MR) is 71.5 cm³/mol. The Morgan fingerprint density at radius 1 is 1.33 bits per heavy atom. The van der Waals surface area contributed by atoms with Crippen molar-refractivity contribution in [2.75, 3.05) is 30.5 Å². The molecule has 0 saturated carbocycles. The Morgan fingerprint density at radius 2 is 2.06 bits per heavy atom. The van der Waals surface area contributed by atoms with Crippen molar-refractivity contribution in [3.63, 3.8) is 0 Å². The Kier molecular flexibility index (Phi) is 5.57. The molecule has 7 nitrogen and oxygen atoms in total. The van der Waals surface area contributed by atoms with Crippen LogP contribution in [0.1, 0.15) is 27.2 Å². The fourth-order valence-electron chi connectivity index (χ4n) is 1.33. The first-order chi connectivity index (χ1) is 8.56. The van der Waals surface area contributed by atoms with Crippen molar-refractivity contribution < 1.29 is 4.74 Å². The lowest BCUT2D eigenvalue weighted by Gasteiger charge is -2.18. The molecule has 1 heterocycles. The third-order valence-corrected chi connectivity index (χ3v) is 2.39. The van der Waals surface area contributed by atoms with Gasteiger partial charge in [0.15, 0.2) is 0 Å². The minimum atomic E-state index is 0.284. The van der Waals surface area contributed by atoms with Gasteiger partial charge in [-0.15, -0.1) is 0 Å². The molecule has 0 aliphatic rings. The van der Waals surface area contributed by atoms with Gasteiger partial charge in [0.2, 0.25) is 11.9 Å². The molecule has 102 valence electrons. The van der Waals surface area contributed by atoms with Crippen molar-refractivity contribution in [2.24, 2.45) is 11.8 Å². The maximum atomic E-state index is 5.33. The molecule has 3 N–H and O–H groups in total. The van der Waals surface area contributed by atoms with Gasteiger partial charge >= 0.3 is 6.01 Å². The summed E-state index contributed by atoms with van der Waals surface area (Å²) in [5.74, 6) is 6.82. The third-order valence-electron chi connectivity index (χ3n) is 2.39. The van der Waals surface area contributed by atoms with E-state index in [1.807, 2.05) is 18.9 Å². The largest absolute Gasteiger partial charge is 0.464 e. The number of nitrogens with one attached hydrogen (secondary N) is 1. The number of nitrogen functional groups attached to an aromatic ring is 1. The first-order valence-electron chi connectivity index (χ1n) is 6.13. The number of nitrogens with zero attached hydrogens (tertiary/aromatic N) is 4. The van der Waals surface area contributed by atoms with Crippen molar-refractivity contribution in [3.05, 3.63) is 0 Å². The molecule has 0 unspecified atom stereocenters. The second kappa shape index (κ2) is 6.95. The predicted octanol–water partition coefficient (Wildman–Crippen LogP) is 1.04. The van der Waals surface area contributed by atoms with E-state index in [4.69, 9.17) is 10.6 Å². The molecule has 7 heteroatoms.